The van der Waals surface area contributed by atoms with Gasteiger partial charge < -0.3 is 10.2 Å². The molecule has 0 saturated heterocycles. The van der Waals surface area contributed by atoms with Crippen molar-refractivity contribution in [2.24, 2.45) is 0 Å². The molecule has 0 aromatic heterocycles. The van der Waals surface area contributed by atoms with Crippen LogP contribution in [0.4, 0.5) is 0 Å². The summed E-state index contributed by atoms with van der Waals surface area (Å²) in [5.74, 6) is 6.05. The molecule has 1 aromatic carbocycles. The van der Waals surface area contributed by atoms with Gasteiger partial charge in [0.05, 0.1) is 0 Å². The predicted octanol–water partition coefficient (Wildman–Crippen LogP) is 2.28. The van der Waals surface area contributed by atoms with Crippen molar-refractivity contribution in [2.75, 3.05) is 6.61 Å². The molecule has 2 N–H and O–H groups in total. The van der Waals surface area contributed by atoms with Crippen molar-refractivity contribution < 1.29 is 10.2 Å². The van der Waals surface area contributed by atoms with Gasteiger partial charge in [-0.3, -0.25) is 0 Å². The smallest absolute Gasteiger partial charge is 0.116 e. The average molecular weight is 255 g/mol. The van der Waals surface area contributed by atoms with Gasteiger partial charge in [0, 0.05) is 23.1 Å². The molecule has 1 aromatic rings. The molecule has 0 amide bonds. The second-order valence-corrected chi connectivity index (χ2v) is 3.65. The largest absolute Gasteiger partial charge is 0.508 e. The molecule has 3 heteroatoms. The van der Waals surface area contributed by atoms with E-state index in [1.807, 2.05) is 0 Å². The zero-order valence-electron chi connectivity index (χ0n) is 7.63. The molecule has 14 heavy (non-hydrogen) atoms. The van der Waals surface area contributed by atoms with Crippen molar-refractivity contribution in [3.05, 3.63) is 28.2 Å². The summed E-state index contributed by atoms with van der Waals surface area (Å²) >= 11 is 3.34. The number of aliphatic hydroxyl groups is 1. The highest BCUT2D eigenvalue weighted by molar-refractivity contribution is 9.10. The minimum Gasteiger partial charge on any atom is -0.508 e. The average Bonchev–Trinajstić information content (AvgIpc) is 2.18. The third-order valence-electron chi connectivity index (χ3n) is 1.63. The Hall–Kier alpha value is -0.980. The highest BCUT2D eigenvalue weighted by Gasteiger charge is 1.96. The Morgan fingerprint density at radius 1 is 1.36 bits per heavy atom. The molecule has 0 heterocycles. The minimum atomic E-state index is 0.163. The van der Waals surface area contributed by atoms with Gasteiger partial charge in [-0.05, 0) is 40.5 Å². The minimum absolute atomic E-state index is 0.163. The number of hydrogen-bond donors (Lipinski definition) is 2. The number of benzene rings is 1. The molecule has 0 aliphatic rings. The molecule has 0 radical (unpaired) electrons. The first kappa shape index (κ1) is 11.1. The van der Waals surface area contributed by atoms with Crippen molar-refractivity contribution in [3.8, 4) is 17.6 Å². The maximum Gasteiger partial charge on any atom is 0.116 e. The standard InChI is InChI=1S/C11H11BrO2/c12-11-6-5-10(14)8-9(11)4-2-1-3-7-13/h5-6,8,13-14H,1,3,7H2. The van der Waals surface area contributed by atoms with Crippen LogP contribution in [-0.2, 0) is 0 Å². The van der Waals surface area contributed by atoms with Crippen LogP contribution in [0, 0.1) is 11.8 Å². The van der Waals surface area contributed by atoms with E-state index in [4.69, 9.17) is 5.11 Å². The summed E-state index contributed by atoms with van der Waals surface area (Å²) in [5, 5.41) is 17.8. The van der Waals surface area contributed by atoms with E-state index in [0.29, 0.717) is 12.8 Å². The summed E-state index contributed by atoms with van der Waals surface area (Å²) in [5.41, 5.74) is 0.767. The number of phenolic OH excluding ortho intramolecular Hbond substituents is 1. The number of rotatable bonds is 2. The van der Waals surface area contributed by atoms with Crippen LogP contribution >= 0.6 is 15.9 Å². The van der Waals surface area contributed by atoms with Crippen LogP contribution in [0.1, 0.15) is 18.4 Å². The molecule has 0 aliphatic carbocycles. The van der Waals surface area contributed by atoms with Gasteiger partial charge in [-0.15, -0.1) is 0 Å². The predicted molar refractivity (Wildman–Crippen MR) is 59.0 cm³/mol. The van der Waals surface area contributed by atoms with E-state index in [-0.39, 0.29) is 12.4 Å². The van der Waals surface area contributed by atoms with Gasteiger partial charge in [0.1, 0.15) is 5.75 Å². The number of phenols is 1. The molecule has 2 nitrogen and oxygen atoms in total. The molecule has 74 valence electrons. The zero-order chi connectivity index (χ0) is 10.4. The van der Waals surface area contributed by atoms with Crippen LogP contribution < -0.4 is 0 Å². The van der Waals surface area contributed by atoms with E-state index < -0.39 is 0 Å². The molecule has 0 bridgehead atoms. The lowest BCUT2D eigenvalue weighted by Crippen LogP contribution is -1.80. The highest BCUT2D eigenvalue weighted by atomic mass is 79.9. The number of halogens is 1. The van der Waals surface area contributed by atoms with Gasteiger partial charge in [-0.2, -0.15) is 0 Å². The van der Waals surface area contributed by atoms with Gasteiger partial charge in [0.2, 0.25) is 0 Å². The Morgan fingerprint density at radius 3 is 2.86 bits per heavy atom. The molecule has 0 fully saturated rings. The second kappa shape index (κ2) is 5.69. The van der Waals surface area contributed by atoms with E-state index >= 15 is 0 Å². The van der Waals surface area contributed by atoms with Crippen LogP contribution in [-0.4, -0.2) is 16.8 Å². The Kier molecular flexibility index (Phi) is 4.51. The fourth-order valence-electron chi connectivity index (χ4n) is 0.934. The number of unbranched alkanes of at least 4 members (excludes halogenated alkanes) is 1. The monoisotopic (exact) mass is 254 g/mol. The van der Waals surface area contributed by atoms with Crippen molar-refractivity contribution in [1.82, 2.24) is 0 Å². The lowest BCUT2D eigenvalue weighted by Gasteiger charge is -1.96. The summed E-state index contributed by atoms with van der Waals surface area (Å²) in [6.07, 6.45) is 1.35. The summed E-state index contributed by atoms with van der Waals surface area (Å²) in [6.45, 7) is 0.163. The third kappa shape index (κ3) is 3.41. The van der Waals surface area contributed by atoms with Crippen LogP contribution in [0.25, 0.3) is 0 Å². The van der Waals surface area contributed by atoms with Crippen LogP contribution in [0.15, 0.2) is 22.7 Å². The van der Waals surface area contributed by atoms with E-state index in [1.165, 1.54) is 0 Å². The van der Waals surface area contributed by atoms with Crippen LogP contribution in [0.3, 0.4) is 0 Å². The Bertz CT molecular complexity index is 363. The lowest BCUT2D eigenvalue weighted by molar-refractivity contribution is 0.290. The maximum atomic E-state index is 9.21. The highest BCUT2D eigenvalue weighted by Crippen LogP contribution is 2.20. The van der Waals surface area contributed by atoms with Gasteiger partial charge in [-0.25, -0.2) is 0 Å². The van der Waals surface area contributed by atoms with Gasteiger partial charge >= 0.3 is 0 Å². The first-order valence-corrected chi connectivity index (χ1v) is 5.11. The first-order valence-electron chi connectivity index (χ1n) is 4.32. The van der Waals surface area contributed by atoms with Crippen LogP contribution in [0.5, 0.6) is 5.75 Å². The van der Waals surface area contributed by atoms with E-state index in [2.05, 4.69) is 27.8 Å². The van der Waals surface area contributed by atoms with E-state index in [0.717, 1.165) is 10.0 Å². The molecule has 0 saturated carbocycles. The Balaban J connectivity index is 2.73. The summed E-state index contributed by atoms with van der Waals surface area (Å²) < 4.78 is 0.867. The SMILES string of the molecule is OCCCC#Cc1cc(O)ccc1Br. The fourth-order valence-corrected chi connectivity index (χ4v) is 1.28. The maximum absolute atomic E-state index is 9.21. The lowest BCUT2D eigenvalue weighted by atomic mass is 10.2. The van der Waals surface area contributed by atoms with Crippen molar-refractivity contribution in [1.29, 1.82) is 0 Å². The fraction of sp³-hybridized carbons (Fsp3) is 0.273. The molecule has 0 atom stereocenters. The molecule has 0 unspecified atom stereocenters. The molecule has 0 aliphatic heterocycles. The molecule has 1 rings (SSSR count). The van der Waals surface area contributed by atoms with E-state index in [9.17, 15) is 5.11 Å². The number of aromatic hydroxyl groups is 1. The Labute approximate surface area is 91.7 Å². The van der Waals surface area contributed by atoms with Crippen molar-refractivity contribution in [2.45, 2.75) is 12.8 Å². The third-order valence-corrected chi connectivity index (χ3v) is 2.32. The van der Waals surface area contributed by atoms with Gasteiger partial charge in [-0.1, -0.05) is 11.8 Å². The normalized spacial score (nSPS) is 9.29. The van der Waals surface area contributed by atoms with Gasteiger partial charge in [0.25, 0.3) is 0 Å². The summed E-state index contributed by atoms with van der Waals surface area (Å²) in [6, 6.07) is 4.96. The van der Waals surface area contributed by atoms with E-state index in [1.54, 1.807) is 18.2 Å². The number of aliphatic hydroxyl groups excluding tert-OH is 1. The van der Waals surface area contributed by atoms with Crippen LogP contribution in [0.2, 0.25) is 0 Å². The first-order chi connectivity index (χ1) is 6.74. The molecular weight excluding hydrogens is 244 g/mol. The summed E-state index contributed by atoms with van der Waals surface area (Å²) in [4.78, 5) is 0. The topological polar surface area (TPSA) is 40.5 Å². The number of hydrogen-bond acceptors (Lipinski definition) is 2. The summed E-state index contributed by atoms with van der Waals surface area (Å²) in [7, 11) is 0. The zero-order valence-corrected chi connectivity index (χ0v) is 9.21. The molecular formula is C11H11BrO2. The second-order valence-electron chi connectivity index (χ2n) is 2.79. The van der Waals surface area contributed by atoms with Crippen molar-refractivity contribution >= 4 is 15.9 Å². The Morgan fingerprint density at radius 2 is 2.14 bits per heavy atom. The van der Waals surface area contributed by atoms with Crippen molar-refractivity contribution in [3.63, 3.8) is 0 Å². The quantitative estimate of drug-likeness (QED) is 0.628. The van der Waals surface area contributed by atoms with Gasteiger partial charge in [0.15, 0.2) is 0 Å². The molecule has 0 spiro atoms.